The number of nitrogens with one attached hydrogen (secondary N) is 1. The van der Waals surface area contributed by atoms with Gasteiger partial charge in [0.05, 0.1) is 5.60 Å². The number of aromatic hydroxyl groups is 1. The van der Waals surface area contributed by atoms with E-state index in [-0.39, 0.29) is 23.7 Å². The molecule has 2 aliphatic heterocycles. The van der Waals surface area contributed by atoms with E-state index in [1.165, 1.54) is 0 Å². The van der Waals surface area contributed by atoms with Gasteiger partial charge in [0.1, 0.15) is 11.3 Å². The molecule has 166 valence electrons. The van der Waals surface area contributed by atoms with Crippen LogP contribution in [0.15, 0.2) is 18.2 Å². The molecular formula is C24H31N3O4. The zero-order valence-electron chi connectivity index (χ0n) is 18.2. The number of aliphatic hydroxyl groups is 1. The van der Waals surface area contributed by atoms with Crippen molar-refractivity contribution < 1.29 is 19.8 Å². The van der Waals surface area contributed by atoms with Crippen LogP contribution in [0.3, 0.4) is 0 Å². The monoisotopic (exact) mass is 425 g/mol. The molecule has 3 amide bonds. The number of phenols is 1. The maximum absolute atomic E-state index is 13.3. The highest BCUT2D eigenvalue weighted by molar-refractivity contribution is 6.07. The molecule has 3 N–H and O–H groups in total. The number of likely N-dealkylation sites (N-methyl/N-ethyl adjacent to an activating group) is 1. The lowest BCUT2D eigenvalue weighted by atomic mass is 9.54. The summed E-state index contributed by atoms with van der Waals surface area (Å²) in [6.07, 6.45) is 4.32. The number of amides is 3. The summed E-state index contributed by atoms with van der Waals surface area (Å²) in [6.45, 7) is 3.55. The zero-order valence-corrected chi connectivity index (χ0v) is 18.2. The number of rotatable bonds is 3. The molecule has 5 fully saturated rings. The average molecular weight is 426 g/mol. The summed E-state index contributed by atoms with van der Waals surface area (Å²) >= 11 is 0. The number of hydrogen-bond acceptors (Lipinski definition) is 5. The van der Waals surface area contributed by atoms with E-state index in [9.17, 15) is 19.8 Å². The number of benzene rings is 1. The van der Waals surface area contributed by atoms with Gasteiger partial charge in [-0.3, -0.25) is 15.0 Å². The average Bonchev–Trinajstić information content (AvgIpc) is 3.46. The summed E-state index contributed by atoms with van der Waals surface area (Å²) in [5, 5.41) is 25.3. The summed E-state index contributed by atoms with van der Waals surface area (Å²) in [6, 6.07) is 5.11. The molecule has 2 heterocycles. The molecule has 1 spiro atoms. The van der Waals surface area contributed by atoms with Gasteiger partial charge in [-0.1, -0.05) is 6.07 Å². The van der Waals surface area contributed by atoms with E-state index in [0.29, 0.717) is 37.6 Å². The Labute approximate surface area is 182 Å². The van der Waals surface area contributed by atoms with Crippen LogP contribution >= 0.6 is 0 Å². The van der Waals surface area contributed by atoms with Crippen molar-refractivity contribution in [2.45, 2.75) is 68.0 Å². The van der Waals surface area contributed by atoms with Gasteiger partial charge in [-0.05, 0) is 87.6 Å². The van der Waals surface area contributed by atoms with Crippen molar-refractivity contribution in [1.82, 2.24) is 15.1 Å². The Morgan fingerprint density at radius 3 is 2.71 bits per heavy atom. The second-order valence-electron chi connectivity index (χ2n) is 10.9. The van der Waals surface area contributed by atoms with Gasteiger partial charge in [0.25, 0.3) is 5.91 Å². The van der Waals surface area contributed by atoms with Crippen molar-refractivity contribution in [3.8, 4) is 5.75 Å². The Morgan fingerprint density at radius 1 is 1.23 bits per heavy atom. The fourth-order valence-electron chi connectivity index (χ4n) is 7.64. The number of carbonyl (C=O) groups is 2. The number of imide groups is 1. The Kier molecular flexibility index (Phi) is 3.79. The lowest BCUT2D eigenvalue weighted by Gasteiger charge is -2.57. The van der Waals surface area contributed by atoms with E-state index in [1.807, 2.05) is 13.0 Å². The van der Waals surface area contributed by atoms with Gasteiger partial charge in [0, 0.05) is 24.5 Å². The number of carbonyl (C=O) groups excluding carboxylic acids is 2. The van der Waals surface area contributed by atoms with Crippen LogP contribution in [-0.2, 0) is 10.2 Å². The highest BCUT2D eigenvalue weighted by atomic mass is 16.3. The third-order valence-corrected chi connectivity index (χ3v) is 9.17. The number of nitrogens with zero attached hydrogens (tertiary/aromatic N) is 2. The predicted octanol–water partition coefficient (Wildman–Crippen LogP) is 1.89. The third kappa shape index (κ3) is 2.36. The summed E-state index contributed by atoms with van der Waals surface area (Å²) in [5.74, 6) is 0.777. The van der Waals surface area contributed by atoms with Crippen LogP contribution in [-0.4, -0.2) is 69.3 Å². The molecule has 5 aliphatic rings. The van der Waals surface area contributed by atoms with Crippen molar-refractivity contribution in [3.63, 3.8) is 0 Å². The number of aryl methyl sites for hydroxylation is 1. The molecule has 0 bridgehead atoms. The van der Waals surface area contributed by atoms with Crippen molar-refractivity contribution >= 4 is 11.9 Å². The van der Waals surface area contributed by atoms with Gasteiger partial charge in [0.2, 0.25) is 0 Å². The Bertz CT molecular complexity index is 993. The molecule has 0 radical (unpaired) electrons. The van der Waals surface area contributed by atoms with E-state index in [4.69, 9.17) is 0 Å². The van der Waals surface area contributed by atoms with E-state index in [1.54, 1.807) is 17.0 Å². The summed E-state index contributed by atoms with van der Waals surface area (Å²) in [5.41, 5.74) is -0.665. The Morgan fingerprint density at radius 2 is 2.00 bits per heavy atom. The van der Waals surface area contributed by atoms with Crippen LogP contribution in [0, 0.1) is 18.8 Å². The molecule has 1 aromatic rings. The first-order valence-electron chi connectivity index (χ1n) is 11.6. The quantitative estimate of drug-likeness (QED) is 0.643. The SMILES string of the molecule is Cc1ccc(O)cc1[C@]12CC3CN(C)[C@H]3[C@]1(O)CC[C@]1(C2)C(=O)NC(=O)N1CC1CC1. The van der Waals surface area contributed by atoms with Crippen LogP contribution in [0.1, 0.15) is 49.7 Å². The number of urea groups is 1. The Hall–Kier alpha value is -2.12. The summed E-state index contributed by atoms with van der Waals surface area (Å²) < 4.78 is 0. The molecule has 6 rings (SSSR count). The number of hydrogen-bond donors (Lipinski definition) is 3. The van der Waals surface area contributed by atoms with Crippen molar-refractivity contribution in [3.05, 3.63) is 29.3 Å². The minimum atomic E-state index is -0.994. The number of likely N-dealkylation sites (tertiary alicyclic amines) is 1. The lowest BCUT2D eigenvalue weighted by Crippen LogP contribution is -2.70. The third-order valence-electron chi connectivity index (χ3n) is 9.17. The molecule has 3 saturated carbocycles. The van der Waals surface area contributed by atoms with Crippen LogP contribution in [0.5, 0.6) is 5.75 Å². The minimum Gasteiger partial charge on any atom is -0.508 e. The topological polar surface area (TPSA) is 93.1 Å². The van der Waals surface area contributed by atoms with Crippen LogP contribution in [0.25, 0.3) is 0 Å². The molecule has 7 nitrogen and oxygen atoms in total. The standard InChI is InChI=1S/C24H31N3O4/c1-14-3-6-17(28)9-18(14)22-10-16-12-26(2)19(16)24(22,31)8-7-23(13-22)20(29)25-21(30)27(23)11-15-4-5-15/h3,6,9,15-16,19,28,31H,4-5,7-8,10-13H2,1-2H3,(H,25,29,30)/t16?,19-,22-,23+,24-/m1/s1. The normalized spacial score (nSPS) is 41.8. The molecular weight excluding hydrogens is 394 g/mol. The van der Waals surface area contributed by atoms with Crippen molar-refractivity contribution in [2.75, 3.05) is 20.1 Å². The maximum Gasteiger partial charge on any atom is 0.325 e. The van der Waals surface area contributed by atoms with Gasteiger partial charge < -0.3 is 15.1 Å². The molecule has 31 heavy (non-hydrogen) atoms. The first kappa shape index (κ1) is 19.6. The number of fused-ring (bicyclic) bond motifs is 3. The summed E-state index contributed by atoms with van der Waals surface area (Å²) in [7, 11) is 2.06. The van der Waals surface area contributed by atoms with E-state index >= 15 is 0 Å². The first-order valence-corrected chi connectivity index (χ1v) is 11.6. The Balaban J connectivity index is 1.52. The van der Waals surface area contributed by atoms with Gasteiger partial charge in [-0.15, -0.1) is 0 Å². The predicted molar refractivity (Wildman–Crippen MR) is 114 cm³/mol. The van der Waals surface area contributed by atoms with Crippen LogP contribution < -0.4 is 5.32 Å². The largest absolute Gasteiger partial charge is 0.508 e. The molecule has 7 heteroatoms. The van der Waals surface area contributed by atoms with Crippen LogP contribution in [0.4, 0.5) is 4.79 Å². The number of phenolic OH excluding ortho intramolecular Hbond substituents is 1. The van der Waals surface area contributed by atoms with Crippen LogP contribution in [0.2, 0.25) is 0 Å². The smallest absolute Gasteiger partial charge is 0.325 e. The van der Waals surface area contributed by atoms with Gasteiger partial charge in [0.15, 0.2) is 0 Å². The maximum atomic E-state index is 13.3. The van der Waals surface area contributed by atoms with E-state index in [2.05, 4.69) is 17.3 Å². The second kappa shape index (κ2) is 6.01. The van der Waals surface area contributed by atoms with Gasteiger partial charge in [-0.25, -0.2) is 4.79 Å². The molecule has 5 atom stereocenters. The van der Waals surface area contributed by atoms with E-state index in [0.717, 1.165) is 36.9 Å². The molecule has 1 aromatic carbocycles. The minimum absolute atomic E-state index is 0.0450. The molecule has 1 unspecified atom stereocenters. The van der Waals surface area contributed by atoms with Crippen molar-refractivity contribution in [2.24, 2.45) is 11.8 Å². The zero-order chi connectivity index (χ0) is 21.8. The summed E-state index contributed by atoms with van der Waals surface area (Å²) in [4.78, 5) is 30.2. The van der Waals surface area contributed by atoms with E-state index < -0.39 is 16.6 Å². The van der Waals surface area contributed by atoms with Crippen molar-refractivity contribution in [1.29, 1.82) is 0 Å². The first-order chi connectivity index (χ1) is 14.7. The van der Waals surface area contributed by atoms with Gasteiger partial charge >= 0.3 is 6.03 Å². The molecule has 2 saturated heterocycles. The fraction of sp³-hybridized carbons (Fsp3) is 0.667. The fourth-order valence-corrected chi connectivity index (χ4v) is 7.64. The molecule has 3 aliphatic carbocycles. The molecule has 0 aromatic heterocycles. The highest BCUT2D eigenvalue weighted by Gasteiger charge is 2.74. The second-order valence-corrected chi connectivity index (χ2v) is 10.9. The lowest BCUT2D eigenvalue weighted by molar-refractivity contribution is -0.152. The van der Waals surface area contributed by atoms with Gasteiger partial charge in [-0.2, -0.15) is 0 Å². The highest BCUT2D eigenvalue weighted by Crippen LogP contribution is 2.65.